The highest BCUT2D eigenvalue weighted by molar-refractivity contribution is 6.01. The topological polar surface area (TPSA) is 87.7 Å². The maximum Gasteiger partial charge on any atom is 0.320 e. The number of nitrogens with one attached hydrogen (secondary N) is 2. The molecule has 3 unspecified atom stereocenters. The van der Waals surface area contributed by atoms with Crippen LogP contribution in [0.2, 0.25) is 0 Å². The van der Waals surface area contributed by atoms with Crippen molar-refractivity contribution in [1.82, 2.24) is 5.32 Å². The number of benzene rings is 1. The molecule has 0 fully saturated rings. The van der Waals surface area contributed by atoms with Crippen LogP contribution in [-0.2, 0) is 4.79 Å². The van der Waals surface area contributed by atoms with Gasteiger partial charge < -0.3 is 15.2 Å². The summed E-state index contributed by atoms with van der Waals surface area (Å²) >= 11 is 0. The van der Waals surface area contributed by atoms with E-state index in [-0.39, 0.29) is 11.9 Å². The molecule has 6 heteroatoms. The maximum absolute atomic E-state index is 12.4. The molecule has 1 aromatic rings. The van der Waals surface area contributed by atoms with Crippen molar-refractivity contribution in [3.8, 4) is 5.75 Å². The van der Waals surface area contributed by atoms with Gasteiger partial charge in [-0.25, -0.2) is 0 Å². The number of aliphatic carboxylic acids is 1. The van der Waals surface area contributed by atoms with Crippen molar-refractivity contribution >= 4 is 17.4 Å². The molecule has 3 N–H and O–H groups in total. The average Bonchev–Trinajstić information content (AvgIpc) is 2.50. The normalized spacial score (nSPS) is 19.3. The fourth-order valence-electron chi connectivity index (χ4n) is 2.43. The molecule has 3 atom stereocenters. The first-order chi connectivity index (χ1) is 10.4. The summed E-state index contributed by atoms with van der Waals surface area (Å²) < 4.78 is 5.67. The van der Waals surface area contributed by atoms with Gasteiger partial charge in [-0.05, 0) is 38.5 Å². The Kier molecular flexibility index (Phi) is 5.03. The number of carbonyl (C=O) groups is 2. The Bertz CT molecular complexity index is 573. The summed E-state index contributed by atoms with van der Waals surface area (Å²) in [6.07, 6.45) is 0.514. The van der Waals surface area contributed by atoms with Gasteiger partial charge in [0.1, 0.15) is 17.9 Å². The molecule has 22 heavy (non-hydrogen) atoms. The maximum atomic E-state index is 12.4. The van der Waals surface area contributed by atoms with Gasteiger partial charge in [-0.2, -0.15) is 0 Å². The second kappa shape index (κ2) is 6.79. The number of carboxylic acids is 1. The van der Waals surface area contributed by atoms with Gasteiger partial charge in [0.25, 0.3) is 0 Å². The average molecular weight is 306 g/mol. The third-order valence-electron chi connectivity index (χ3n) is 3.72. The molecule has 0 aromatic heterocycles. The fraction of sp³-hybridized carbons (Fsp3) is 0.500. The zero-order valence-corrected chi connectivity index (χ0v) is 13.1. The number of Topliss-reactive ketones (excluding diaryl/α,β-unsaturated/α-hetero) is 1. The highest BCUT2D eigenvalue weighted by atomic mass is 16.5. The van der Waals surface area contributed by atoms with Crippen molar-refractivity contribution in [3.63, 3.8) is 0 Å². The van der Waals surface area contributed by atoms with Gasteiger partial charge in [-0.1, -0.05) is 6.92 Å². The number of fused-ring (bicyclic) bond motifs is 1. The smallest absolute Gasteiger partial charge is 0.320 e. The van der Waals surface area contributed by atoms with Crippen molar-refractivity contribution in [2.24, 2.45) is 0 Å². The van der Waals surface area contributed by atoms with Crippen LogP contribution < -0.4 is 15.4 Å². The molecule has 1 heterocycles. The van der Waals surface area contributed by atoms with Crippen LogP contribution in [0.1, 0.15) is 37.6 Å². The lowest BCUT2D eigenvalue weighted by atomic mass is 10.0. The van der Waals surface area contributed by atoms with Gasteiger partial charge in [0, 0.05) is 5.56 Å². The third kappa shape index (κ3) is 3.57. The molecule has 1 aliphatic rings. The second-order valence-corrected chi connectivity index (χ2v) is 5.57. The first-order valence-electron chi connectivity index (χ1n) is 7.50. The lowest BCUT2D eigenvalue weighted by Gasteiger charge is -2.25. The number of hydrogen-bond acceptors (Lipinski definition) is 5. The van der Waals surface area contributed by atoms with E-state index in [1.807, 2.05) is 6.92 Å². The van der Waals surface area contributed by atoms with E-state index in [2.05, 4.69) is 10.6 Å². The summed E-state index contributed by atoms with van der Waals surface area (Å²) in [6.45, 7) is 6.11. The number of carboxylic acid groups (broad SMARTS) is 1. The standard InChI is InChI=1S/C16H22N2O4/c1-4-12(16(20)21)18-10(3)15(19)11-5-6-14-13(7-11)17-8-9(2)22-14/h5-7,9-10,12,17-18H,4,8H2,1-3H3,(H,20,21). The number of carbonyl (C=O) groups excluding carboxylic acids is 1. The highest BCUT2D eigenvalue weighted by Crippen LogP contribution is 2.30. The fourth-order valence-corrected chi connectivity index (χ4v) is 2.43. The Morgan fingerprint density at radius 1 is 1.50 bits per heavy atom. The van der Waals surface area contributed by atoms with Crippen LogP contribution in [0.3, 0.4) is 0 Å². The molecule has 1 aromatic carbocycles. The number of ether oxygens (including phenoxy) is 1. The third-order valence-corrected chi connectivity index (χ3v) is 3.72. The van der Waals surface area contributed by atoms with Gasteiger partial charge in [-0.3, -0.25) is 14.9 Å². The van der Waals surface area contributed by atoms with Crippen LogP contribution in [0.15, 0.2) is 18.2 Å². The van der Waals surface area contributed by atoms with Crippen LogP contribution >= 0.6 is 0 Å². The number of hydrogen-bond donors (Lipinski definition) is 3. The predicted molar refractivity (Wildman–Crippen MR) is 83.7 cm³/mol. The minimum atomic E-state index is -0.948. The van der Waals surface area contributed by atoms with Gasteiger partial charge in [0.2, 0.25) is 0 Å². The summed E-state index contributed by atoms with van der Waals surface area (Å²) in [5.41, 5.74) is 1.33. The quantitative estimate of drug-likeness (QED) is 0.696. The molecule has 0 aliphatic carbocycles. The Morgan fingerprint density at radius 3 is 2.86 bits per heavy atom. The molecule has 120 valence electrons. The summed E-state index contributed by atoms with van der Waals surface area (Å²) in [5, 5.41) is 15.1. The second-order valence-electron chi connectivity index (χ2n) is 5.57. The molecule has 0 radical (unpaired) electrons. The lowest BCUT2D eigenvalue weighted by molar-refractivity contribution is -0.139. The number of rotatable bonds is 6. The zero-order chi connectivity index (χ0) is 16.3. The van der Waals surface area contributed by atoms with Gasteiger partial charge in [0.15, 0.2) is 5.78 Å². The van der Waals surface area contributed by atoms with E-state index in [9.17, 15) is 9.59 Å². The lowest BCUT2D eigenvalue weighted by Crippen LogP contribution is -2.45. The van der Waals surface area contributed by atoms with Crippen molar-refractivity contribution in [2.45, 2.75) is 45.4 Å². The molecule has 1 aliphatic heterocycles. The first-order valence-corrected chi connectivity index (χ1v) is 7.50. The van der Waals surface area contributed by atoms with Crippen molar-refractivity contribution < 1.29 is 19.4 Å². The summed E-state index contributed by atoms with van der Waals surface area (Å²) in [6, 6.07) is 3.94. The van der Waals surface area contributed by atoms with E-state index >= 15 is 0 Å². The van der Waals surface area contributed by atoms with Crippen LogP contribution in [-0.4, -0.2) is 41.6 Å². The van der Waals surface area contributed by atoms with Crippen LogP contribution in [0.4, 0.5) is 5.69 Å². The van der Waals surface area contributed by atoms with E-state index in [1.54, 1.807) is 32.0 Å². The largest absolute Gasteiger partial charge is 0.487 e. The number of anilines is 1. The highest BCUT2D eigenvalue weighted by Gasteiger charge is 2.24. The van der Waals surface area contributed by atoms with Crippen LogP contribution in [0, 0.1) is 0 Å². The molecule has 2 rings (SSSR count). The van der Waals surface area contributed by atoms with Gasteiger partial charge >= 0.3 is 5.97 Å². The SMILES string of the molecule is CCC(NC(C)C(=O)c1ccc2c(c1)NCC(C)O2)C(=O)O. The first kappa shape index (κ1) is 16.3. The van der Waals surface area contributed by atoms with Crippen LogP contribution in [0.25, 0.3) is 0 Å². The molecule has 0 saturated heterocycles. The summed E-state index contributed by atoms with van der Waals surface area (Å²) in [7, 11) is 0. The Morgan fingerprint density at radius 2 is 2.23 bits per heavy atom. The monoisotopic (exact) mass is 306 g/mol. The number of ketones is 1. The van der Waals surface area contributed by atoms with Gasteiger partial charge in [0.05, 0.1) is 18.3 Å². The van der Waals surface area contributed by atoms with Crippen LogP contribution in [0.5, 0.6) is 5.75 Å². The Labute approximate surface area is 129 Å². The van der Waals surface area contributed by atoms with E-state index in [0.717, 1.165) is 11.4 Å². The van der Waals surface area contributed by atoms with Gasteiger partial charge in [-0.15, -0.1) is 0 Å². The van der Waals surface area contributed by atoms with E-state index in [4.69, 9.17) is 9.84 Å². The predicted octanol–water partition coefficient (Wildman–Crippen LogP) is 1.90. The molecule has 6 nitrogen and oxygen atoms in total. The molecule has 0 saturated carbocycles. The summed E-state index contributed by atoms with van der Waals surface area (Å²) in [4.78, 5) is 23.5. The zero-order valence-electron chi connectivity index (χ0n) is 13.1. The molecule has 0 spiro atoms. The minimum Gasteiger partial charge on any atom is -0.487 e. The van der Waals surface area contributed by atoms with E-state index in [0.29, 0.717) is 18.5 Å². The Hall–Kier alpha value is -2.08. The van der Waals surface area contributed by atoms with Crippen molar-refractivity contribution in [3.05, 3.63) is 23.8 Å². The van der Waals surface area contributed by atoms with Crippen molar-refractivity contribution in [2.75, 3.05) is 11.9 Å². The minimum absolute atomic E-state index is 0.0931. The molecule has 0 bridgehead atoms. The molecular weight excluding hydrogens is 284 g/mol. The molecule has 0 amide bonds. The van der Waals surface area contributed by atoms with E-state index in [1.165, 1.54) is 0 Å². The Balaban J connectivity index is 2.11. The summed E-state index contributed by atoms with van der Waals surface area (Å²) in [5.74, 6) is -0.354. The van der Waals surface area contributed by atoms with E-state index < -0.39 is 18.1 Å². The van der Waals surface area contributed by atoms with Crippen molar-refractivity contribution in [1.29, 1.82) is 0 Å². The molecular formula is C16H22N2O4.